The molecule has 0 aromatic heterocycles. The lowest BCUT2D eigenvalue weighted by molar-refractivity contribution is -0.121. The van der Waals surface area contributed by atoms with Crippen LogP contribution in [0.25, 0.3) is 0 Å². The number of amides is 1. The first-order chi connectivity index (χ1) is 11.2. The Balaban J connectivity index is 1.33. The Morgan fingerprint density at radius 1 is 1.22 bits per heavy atom. The van der Waals surface area contributed by atoms with Crippen LogP contribution in [-0.4, -0.2) is 62.0 Å². The van der Waals surface area contributed by atoms with Crippen molar-refractivity contribution < 1.29 is 4.79 Å². The van der Waals surface area contributed by atoms with Crippen molar-refractivity contribution in [2.24, 2.45) is 0 Å². The summed E-state index contributed by atoms with van der Waals surface area (Å²) >= 11 is 0. The molecule has 2 aliphatic rings. The Hall–Kier alpha value is -1.39. The van der Waals surface area contributed by atoms with Crippen LogP contribution in [0.15, 0.2) is 24.3 Å². The molecule has 1 amide bonds. The van der Waals surface area contributed by atoms with Crippen LogP contribution in [0, 0.1) is 0 Å². The van der Waals surface area contributed by atoms with Crippen LogP contribution >= 0.6 is 0 Å². The van der Waals surface area contributed by atoms with Gasteiger partial charge in [0.15, 0.2) is 0 Å². The van der Waals surface area contributed by atoms with E-state index in [0.29, 0.717) is 12.3 Å². The van der Waals surface area contributed by atoms with E-state index >= 15 is 0 Å². The van der Waals surface area contributed by atoms with Crippen molar-refractivity contribution in [3.63, 3.8) is 0 Å². The lowest BCUT2D eigenvalue weighted by Gasteiger charge is -2.32. The minimum atomic E-state index is 0.213. The maximum absolute atomic E-state index is 12.2. The molecule has 1 fully saturated rings. The van der Waals surface area contributed by atoms with Gasteiger partial charge in [0.05, 0.1) is 0 Å². The predicted molar refractivity (Wildman–Crippen MR) is 93.7 cm³/mol. The number of aryl methyl sites for hydroxylation is 1. The molecular formula is C19H29N3O. The first kappa shape index (κ1) is 16.5. The van der Waals surface area contributed by atoms with Crippen LogP contribution in [0.1, 0.15) is 36.3 Å². The summed E-state index contributed by atoms with van der Waals surface area (Å²) in [5, 5.41) is 3.11. The average Bonchev–Trinajstić information content (AvgIpc) is 2.96. The molecule has 1 atom stereocenters. The number of nitrogens with one attached hydrogen (secondary N) is 1. The SMILES string of the molecule is CN1CCN(CCCNC(=O)CC2CCc3ccccc32)CC1. The number of hydrogen-bond acceptors (Lipinski definition) is 3. The van der Waals surface area contributed by atoms with Gasteiger partial charge < -0.3 is 15.1 Å². The van der Waals surface area contributed by atoms with Gasteiger partial charge in [0.1, 0.15) is 0 Å². The summed E-state index contributed by atoms with van der Waals surface area (Å²) in [5.74, 6) is 0.633. The fraction of sp³-hybridized carbons (Fsp3) is 0.632. The van der Waals surface area contributed by atoms with E-state index in [1.165, 1.54) is 11.1 Å². The van der Waals surface area contributed by atoms with Crippen molar-refractivity contribution in [2.45, 2.75) is 31.6 Å². The summed E-state index contributed by atoms with van der Waals surface area (Å²) in [6.07, 6.45) is 3.94. The second-order valence-electron chi connectivity index (χ2n) is 6.99. The molecule has 126 valence electrons. The van der Waals surface area contributed by atoms with Crippen LogP contribution < -0.4 is 5.32 Å². The Bertz CT molecular complexity index is 523. The van der Waals surface area contributed by atoms with E-state index in [9.17, 15) is 4.79 Å². The maximum Gasteiger partial charge on any atom is 0.220 e. The van der Waals surface area contributed by atoms with Gasteiger partial charge in [-0.25, -0.2) is 0 Å². The molecule has 4 nitrogen and oxygen atoms in total. The highest BCUT2D eigenvalue weighted by Crippen LogP contribution is 2.34. The standard InChI is InChI=1S/C19H29N3O/c1-21-11-13-22(14-12-21)10-4-9-20-19(23)15-17-8-7-16-5-2-3-6-18(16)17/h2-3,5-6,17H,4,7-15H2,1H3,(H,20,23). The third-order valence-electron chi connectivity index (χ3n) is 5.26. The quantitative estimate of drug-likeness (QED) is 0.814. The second-order valence-corrected chi connectivity index (χ2v) is 6.99. The molecule has 1 aromatic rings. The molecule has 1 saturated heterocycles. The highest BCUT2D eigenvalue weighted by Gasteiger charge is 2.24. The Labute approximate surface area is 139 Å². The number of carbonyl (C=O) groups excluding carboxylic acids is 1. The van der Waals surface area contributed by atoms with E-state index in [4.69, 9.17) is 0 Å². The van der Waals surface area contributed by atoms with Crippen molar-refractivity contribution in [1.29, 1.82) is 0 Å². The summed E-state index contributed by atoms with van der Waals surface area (Å²) in [5.41, 5.74) is 2.82. The second kappa shape index (κ2) is 7.93. The molecule has 0 bridgehead atoms. The monoisotopic (exact) mass is 315 g/mol. The zero-order chi connectivity index (χ0) is 16.1. The molecule has 1 N–H and O–H groups in total. The van der Waals surface area contributed by atoms with E-state index in [1.54, 1.807) is 0 Å². The third kappa shape index (κ3) is 4.55. The molecule has 0 radical (unpaired) electrons. The van der Waals surface area contributed by atoms with Gasteiger partial charge in [-0.15, -0.1) is 0 Å². The lowest BCUT2D eigenvalue weighted by Crippen LogP contribution is -2.45. The zero-order valence-electron chi connectivity index (χ0n) is 14.3. The minimum absolute atomic E-state index is 0.213. The Morgan fingerprint density at radius 2 is 2.00 bits per heavy atom. The van der Waals surface area contributed by atoms with Gasteiger partial charge in [0.25, 0.3) is 0 Å². The Morgan fingerprint density at radius 3 is 2.83 bits per heavy atom. The number of carbonyl (C=O) groups is 1. The largest absolute Gasteiger partial charge is 0.356 e. The summed E-state index contributed by atoms with van der Waals surface area (Å²) < 4.78 is 0. The highest BCUT2D eigenvalue weighted by molar-refractivity contribution is 5.77. The number of nitrogens with zero attached hydrogens (tertiary/aromatic N) is 2. The van der Waals surface area contributed by atoms with E-state index in [1.807, 2.05) is 0 Å². The summed E-state index contributed by atoms with van der Waals surface area (Å²) in [6.45, 7) is 6.54. The summed E-state index contributed by atoms with van der Waals surface area (Å²) in [4.78, 5) is 17.0. The van der Waals surface area contributed by atoms with Crippen LogP contribution in [0.2, 0.25) is 0 Å². The molecule has 1 aliphatic carbocycles. The van der Waals surface area contributed by atoms with Gasteiger partial charge in [-0.3, -0.25) is 4.79 Å². The average molecular weight is 315 g/mol. The smallest absolute Gasteiger partial charge is 0.220 e. The van der Waals surface area contributed by atoms with E-state index in [2.05, 4.69) is 46.4 Å². The summed E-state index contributed by atoms with van der Waals surface area (Å²) in [6, 6.07) is 8.57. The first-order valence-corrected chi connectivity index (χ1v) is 8.98. The molecule has 1 heterocycles. The van der Waals surface area contributed by atoms with Gasteiger partial charge in [-0.1, -0.05) is 24.3 Å². The van der Waals surface area contributed by atoms with Crippen molar-refractivity contribution in [1.82, 2.24) is 15.1 Å². The fourth-order valence-electron chi connectivity index (χ4n) is 3.76. The molecule has 0 saturated carbocycles. The molecule has 1 aliphatic heterocycles. The van der Waals surface area contributed by atoms with Crippen LogP contribution in [-0.2, 0) is 11.2 Å². The minimum Gasteiger partial charge on any atom is -0.356 e. The van der Waals surface area contributed by atoms with Crippen molar-refractivity contribution >= 4 is 5.91 Å². The molecule has 4 heteroatoms. The van der Waals surface area contributed by atoms with Crippen LogP contribution in [0.3, 0.4) is 0 Å². The predicted octanol–water partition coefficient (Wildman–Crippen LogP) is 1.86. The number of hydrogen-bond donors (Lipinski definition) is 1. The molecule has 1 aromatic carbocycles. The number of fused-ring (bicyclic) bond motifs is 1. The number of rotatable bonds is 6. The highest BCUT2D eigenvalue weighted by atomic mass is 16.1. The number of likely N-dealkylation sites (N-methyl/N-ethyl adjacent to an activating group) is 1. The van der Waals surface area contributed by atoms with Gasteiger partial charge in [-0.05, 0) is 49.9 Å². The van der Waals surface area contributed by atoms with Crippen molar-refractivity contribution in [3.05, 3.63) is 35.4 Å². The van der Waals surface area contributed by atoms with Crippen molar-refractivity contribution in [3.8, 4) is 0 Å². The number of benzene rings is 1. The van der Waals surface area contributed by atoms with Gasteiger partial charge in [0, 0.05) is 39.1 Å². The van der Waals surface area contributed by atoms with Gasteiger partial charge >= 0.3 is 0 Å². The Kier molecular flexibility index (Phi) is 5.68. The molecule has 1 unspecified atom stereocenters. The molecular weight excluding hydrogens is 286 g/mol. The van der Waals surface area contributed by atoms with Crippen molar-refractivity contribution in [2.75, 3.05) is 46.3 Å². The fourth-order valence-corrected chi connectivity index (χ4v) is 3.76. The normalized spacial score (nSPS) is 22.0. The third-order valence-corrected chi connectivity index (χ3v) is 5.26. The number of piperazine rings is 1. The van der Waals surface area contributed by atoms with Gasteiger partial charge in [-0.2, -0.15) is 0 Å². The van der Waals surface area contributed by atoms with E-state index in [0.717, 1.165) is 58.5 Å². The van der Waals surface area contributed by atoms with Crippen LogP contribution in [0.5, 0.6) is 0 Å². The van der Waals surface area contributed by atoms with Crippen LogP contribution in [0.4, 0.5) is 0 Å². The summed E-state index contributed by atoms with van der Waals surface area (Å²) in [7, 11) is 2.18. The van der Waals surface area contributed by atoms with E-state index < -0.39 is 0 Å². The molecule has 0 spiro atoms. The van der Waals surface area contributed by atoms with E-state index in [-0.39, 0.29) is 5.91 Å². The topological polar surface area (TPSA) is 35.6 Å². The first-order valence-electron chi connectivity index (χ1n) is 8.98. The zero-order valence-corrected chi connectivity index (χ0v) is 14.3. The molecule has 23 heavy (non-hydrogen) atoms. The lowest BCUT2D eigenvalue weighted by atomic mass is 9.97. The molecule has 3 rings (SSSR count). The van der Waals surface area contributed by atoms with Gasteiger partial charge in [0.2, 0.25) is 5.91 Å². The maximum atomic E-state index is 12.2.